The van der Waals surface area contributed by atoms with Crippen LogP contribution in [0, 0.1) is 10.1 Å². The Balaban J connectivity index is 1.47. The molecule has 1 aliphatic rings. The van der Waals surface area contributed by atoms with Gasteiger partial charge in [-0.3, -0.25) is 19.8 Å². The van der Waals surface area contributed by atoms with E-state index in [9.17, 15) is 23.3 Å². The van der Waals surface area contributed by atoms with Crippen molar-refractivity contribution in [1.29, 1.82) is 0 Å². The number of hydrogen-bond acceptors (Lipinski definition) is 6. The molecular weight excluding hydrogens is 408 g/mol. The monoisotopic (exact) mass is 432 g/mol. The number of nitrogens with zero attached hydrogens (tertiary/aromatic N) is 3. The minimum atomic E-state index is -4.08. The average Bonchev–Trinajstić information content (AvgIpc) is 2.75. The van der Waals surface area contributed by atoms with Gasteiger partial charge in [0.2, 0.25) is 15.9 Å². The molecule has 2 aromatic rings. The molecule has 3 rings (SSSR count). The van der Waals surface area contributed by atoms with Gasteiger partial charge in [0.25, 0.3) is 5.69 Å². The molecule has 30 heavy (non-hydrogen) atoms. The maximum atomic E-state index is 12.4. The number of carbonyl (C=O) groups is 1. The lowest BCUT2D eigenvalue weighted by Crippen LogP contribution is -2.48. The van der Waals surface area contributed by atoms with E-state index < -0.39 is 25.5 Å². The van der Waals surface area contributed by atoms with E-state index in [-0.39, 0.29) is 18.9 Å². The lowest BCUT2D eigenvalue weighted by molar-refractivity contribution is -0.387. The summed E-state index contributed by atoms with van der Waals surface area (Å²) in [6.07, 6.45) is -0.00144. The van der Waals surface area contributed by atoms with Crippen molar-refractivity contribution in [2.75, 3.05) is 32.7 Å². The van der Waals surface area contributed by atoms with Crippen LogP contribution in [0.3, 0.4) is 0 Å². The molecule has 1 saturated heterocycles. The van der Waals surface area contributed by atoms with Crippen LogP contribution in [0.15, 0.2) is 59.5 Å². The van der Waals surface area contributed by atoms with Crippen molar-refractivity contribution in [3.05, 3.63) is 70.3 Å². The molecule has 1 amide bonds. The van der Waals surface area contributed by atoms with Crippen molar-refractivity contribution in [3.63, 3.8) is 0 Å². The summed E-state index contributed by atoms with van der Waals surface area (Å²) in [6, 6.07) is 15.2. The summed E-state index contributed by atoms with van der Waals surface area (Å²) in [5.41, 5.74) is 0.729. The van der Waals surface area contributed by atoms with Crippen LogP contribution in [-0.4, -0.2) is 61.8 Å². The maximum Gasteiger partial charge on any atom is 0.289 e. The Morgan fingerprint density at radius 1 is 1.00 bits per heavy atom. The van der Waals surface area contributed by atoms with E-state index in [2.05, 4.69) is 21.8 Å². The molecule has 0 unspecified atom stereocenters. The summed E-state index contributed by atoms with van der Waals surface area (Å²) in [5.74, 6) is -0.139. The van der Waals surface area contributed by atoms with Gasteiger partial charge in [0.05, 0.1) is 4.92 Å². The summed E-state index contributed by atoms with van der Waals surface area (Å²) >= 11 is 0. The van der Waals surface area contributed by atoms with Gasteiger partial charge in [0.1, 0.15) is 0 Å². The number of nitro groups is 1. The average molecular weight is 433 g/mol. The zero-order valence-electron chi connectivity index (χ0n) is 16.4. The van der Waals surface area contributed by atoms with Gasteiger partial charge in [-0.2, -0.15) is 0 Å². The van der Waals surface area contributed by atoms with Crippen LogP contribution in [-0.2, 0) is 21.4 Å². The third-order valence-electron chi connectivity index (χ3n) is 4.96. The number of piperazine rings is 1. The minimum Gasteiger partial charge on any atom is -0.340 e. The molecule has 10 heteroatoms. The van der Waals surface area contributed by atoms with Gasteiger partial charge in [-0.05, 0) is 11.6 Å². The van der Waals surface area contributed by atoms with Gasteiger partial charge >= 0.3 is 0 Å². The van der Waals surface area contributed by atoms with E-state index in [4.69, 9.17) is 0 Å². The standard InChI is InChI=1S/C20H24N4O5S/c25-20(23-14-12-22(13-15-23)16-17-6-2-1-3-7-17)10-11-21-30(28,29)19-9-5-4-8-18(19)24(26)27/h1-9,21H,10-16H2. The van der Waals surface area contributed by atoms with E-state index in [1.165, 1.54) is 23.8 Å². The second-order valence-corrected chi connectivity index (χ2v) is 8.75. The summed E-state index contributed by atoms with van der Waals surface area (Å²) < 4.78 is 27.1. The highest BCUT2D eigenvalue weighted by Gasteiger charge is 2.26. The molecule has 160 valence electrons. The van der Waals surface area contributed by atoms with Crippen LogP contribution in [0.25, 0.3) is 0 Å². The second-order valence-electron chi connectivity index (χ2n) is 7.02. The molecule has 0 atom stereocenters. The zero-order chi connectivity index (χ0) is 21.6. The van der Waals surface area contributed by atoms with Gasteiger partial charge in [0, 0.05) is 51.8 Å². The molecule has 0 bridgehead atoms. The molecule has 0 aliphatic carbocycles. The predicted molar refractivity (Wildman–Crippen MR) is 111 cm³/mol. The maximum absolute atomic E-state index is 12.4. The van der Waals surface area contributed by atoms with Crippen molar-refractivity contribution in [2.45, 2.75) is 17.9 Å². The fourth-order valence-corrected chi connectivity index (χ4v) is 4.56. The first-order valence-electron chi connectivity index (χ1n) is 9.64. The van der Waals surface area contributed by atoms with Crippen LogP contribution in [0.2, 0.25) is 0 Å². The first-order valence-corrected chi connectivity index (χ1v) is 11.1. The highest BCUT2D eigenvalue weighted by Crippen LogP contribution is 2.22. The first kappa shape index (κ1) is 21.9. The Morgan fingerprint density at radius 3 is 2.30 bits per heavy atom. The lowest BCUT2D eigenvalue weighted by Gasteiger charge is -2.34. The van der Waals surface area contributed by atoms with E-state index in [0.29, 0.717) is 13.1 Å². The van der Waals surface area contributed by atoms with E-state index in [1.807, 2.05) is 18.2 Å². The minimum absolute atomic E-state index is 0.00144. The fraction of sp³-hybridized carbons (Fsp3) is 0.350. The predicted octanol–water partition coefficient (Wildman–Crippen LogP) is 1.61. The van der Waals surface area contributed by atoms with Crippen molar-refractivity contribution < 1.29 is 18.1 Å². The number of rotatable bonds is 8. The quantitative estimate of drug-likeness (QED) is 0.501. The van der Waals surface area contributed by atoms with Crippen molar-refractivity contribution in [1.82, 2.24) is 14.5 Å². The van der Waals surface area contributed by atoms with Gasteiger partial charge < -0.3 is 4.90 Å². The van der Waals surface area contributed by atoms with Crippen LogP contribution in [0.1, 0.15) is 12.0 Å². The number of hydrogen-bond donors (Lipinski definition) is 1. The third kappa shape index (κ3) is 5.62. The Hall–Kier alpha value is -2.82. The second kappa shape index (κ2) is 9.79. The van der Waals surface area contributed by atoms with Gasteiger partial charge in [-0.1, -0.05) is 42.5 Å². The number of sulfonamides is 1. The Kier molecular flexibility index (Phi) is 7.14. The molecule has 1 aliphatic heterocycles. The third-order valence-corrected chi connectivity index (χ3v) is 6.46. The summed E-state index contributed by atoms with van der Waals surface area (Å²) in [5, 5.41) is 11.0. The number of amides is 1. The van der Waals surface area contributed by atoms with E-state index in [1.54, 1.807) is 4.90 Å². The van der Waals surface area contributed by atoms with Crippen LogP contribution in [0.4, 0.5) is 5.69 Å². The SMILES string of the molecule is O=C(CCNS(=O)(=O)c1ccccc1[N+](=O)[O-])N1CCN(Cc2ccccc2)CC1. The van der Waals surface area contributed by atoms with Gasteiger partial charge in [0.15, 0.2) is 4.90 Å². The molecule has 9 nitrogen and oxygen atoms in total. The van der Waals surface area contributed by atoms with Gasteiger partial charge in [-0.15, -0.1) is 0 Å². The molecule has 0 radical (unpaired) electrons. The van der Waals surface area contributed by atoms with E-state index in [0.717, 1.165) is 25.7 Å². The molecule has 1 N–H and O–H groups in total. The molecule has 0 aromatic heterocycles. The molecule has 2 aromatic carbocycles. The highest BCUT2D eigenvalue weighted by atomic mass is 32.2. The number of para-hydroxylation sites is 1. The van der Waals surface area contributed by atoms with Crippen LogP contribution >= 0.6 is 0 Å². The molecule has 1 heterocycles. The molecule has 0 saturated carbocycles. The summed E-state index contributed by atoms with van der Waals surface area (Å²) in [7, 11) is -4.08. The fourth-order valence-electron chi connectivity index (χ4n) is 3.36. The smallest absolute Gasteiger partial charge is 0.289 e. The Morgan fingerprint density at radius 2 is 1.63 bits per heavy atom. The molecule has 0 spiro atoms. The van der Waals surface area contributed by atoms with Crippen LogP contribution in [0.5, 0.6) is 0 Å². The largest absolute Gasteiger partial charge is 0.340 e. The Labute approximate surface area is 175 Å². The normalized spacial score (nSPS) is 15.1. The molecular formula is C20H24N4O5S. The highest BCUT2D eigenvalue weighted by molar-refractivity contribution is 7.89. The summed E-state index contributed by atoms with van der Waals surface area (Å²) in [4.78, 5) is 26.3. The van der Waals surface area contributed by atoms with Crippen molar-refractivity contribution >= 4 is 21.6 Å². The summed E-state index contributed by atoms with van der Waals surface area (Å²) in [6.45, 7) is 3.40. The van der Waals surface area contributed by atoms with Crippen molar-refractivity contribution in [2.24, 2.45) is 0 Å². The van der Waals surface area contributed by atoms with Crippen LogP contribution < -0.4 is 4.72 Å². The number of nitro benzene ring substituents is 1. The Bertz CT molecular complexity index is 989. The number of carbonyl (C=O) groups excluding carboxylic acids is 1. The molecule has 1 fully saturated rings. The zero-order valence-corrected chi connectivity index (χ0v) is 17.3. The topological polar surface area (TPSA) is 113 Å². The lowest BCUT2D eigenvalue weighted by atomic mass is 10.2. The van der Waals surface area contributed by atoms with Crippen molar-refractivity contribution in [3.8, 4) is 0 Å². The number of benzene rings is 2. The first-order chi connectivity index (χ1) is 14.4. The van der Waals surface area contributed by atoms with Gasteiger partial charge in [-0.25, -0.2) is 13.1 Å². The van der Waals surface area contributed by atoms with E-state index >= 15 is 0 Å². The number of nitrogens with one attached hydrogen (secondary N) is 1.